The van der Waals surface area contributed by atoms with Crippen molar-refractivity contribution in [1.29, 1.82) is 0 Å². The third-order valence-corrected chi connectivity index (χ3v) is 10.8. The molecule has 2 saturated heterocycles. The number of likely N-dealkylation sites (tertiary alicyclic amines) is 1. The molecule has 2 heterocycles. The van der Waals surface area contributed by atoms with E-state index in [4.69, 9.17) is 23.9 Å². The Kier molecular flexibility index (Phi) is 19.3. The fourth-order valence-corrected chi connectivity index (χ4v) is 7.04. The van der Waals surface area contributed by atoms with Crippen molar-refractivity contribution in [2.24, 2.45) is 5.92 Å². The normalized spacial score (nSPS) is 23.3. The quantitative estimate of drug-likeness (QED) is 0.0298. The lowest BCUT2D eigenvalue weighted by Gasteiger charge is -2.39. The van der Waals surface area contributed by atoms with Gasteiger partial charge in [0.1, 0.15) is 43.0 Å². The standard InChI is InChI=1S/C38H55N5O19S/c1-18(2)30(42-28(46)15-43-24(17-60-11-12-63(57,58)59)14-25(37(43)54)41-27(45)9-10-29(47)48)36(53)39-19(3)35(52)40-23-7-5-22(16-61-20(4)44)21(13-23)6-8-26-31(49)32(50)33(51)34(62-26)38(55)56/h5,7,13,18-19,24-26,30-34,49-51H,6,8-12,14-17H2,1-4H3,(H,39,53)(H,40,52)(H,41,45)(H,42,46)(H,47,48)(H,55,56)(H,57,58,59)/t19-,24-,25-,26-,30-,31-,32+,33-,34-/m0/s1. The number of rotatable bonds is 23. The van der Waals surface area contributed by atoms with E-state index in [0.717, 1.165) is 4.90 Å². The molecule has 5 amide bonds. The minimum absolute atomic E-state index is 0.0478. The van der Waals surface area contributed by atoms with Gasteiger partial charge in [-0.05, 0) is 55.4 Å². The SMILES string of the molecule is CC(=O)OCc1ccc(NC(=O)[C@H](C)NC(=O)[C@@H](NC(=O)CN2C(=O)[C@@H](NC(=O)CCC(=O)O)C[C@H]2COCCS(=O)(=O)O)C(C)C)cc1CC[C@@H]1O[C@H](C(=O)O)[C@@H](O)[C@H](O)[C@H]1O. The second-order valence-corrected chi connectivity index (χ2v) is 17.0. The molecule has 2 aliphatic heterocycles. The van der Waals surface area contributed by atoms with E-state index >= 15 is 0 Å². The van der Waals surface area contributed by atoms with Crippen molar-refractivity contribution in [2.45, 2.75) is 121 Å². The molecule has 0 spiro atoms. The van der Waals surface area contributed by atoms with E-state index < -0.39 is 150 Å². The summed E-state index contributed by atoms with van der Waals surface area (Å²) in [6.07, 6.45) is -9.44. The average molecular weight is 918 g/mol. The first-order valence-electron chi connectivity index (χ1n) is 19.8. The minimum atomic E-state index is -4.37. The Labute approximate surface area is 361 Å². The van der Waals surface area contributed by atoms with E-state index in [-0.39, 0.29) is 38.2 Å². The number of hydrogen-bond donors (Lipinski definition) is 10. The van der Waals surface area contributed by atoms with Gasteiger partial charge in [-0.15, -0.1) is 0 Å². The molecule has 9 atom stereocenters. The largest absolute Gasteiger partial charge is 0.481 e. The molecule has 1 aromatic carbocycles. The fourth-order valence-electron chi connectivity index (χ4n) is 6.71. The number of aryl methyl sites for hydroxylation is 1. The van der Waals surface area contributed by atoms with E-state index in [0.29, 0.717) is 11.1 Å². The summed E-state index contributed by atoms with van der Waals surface area (Å²) in [6.45, 7) is 4.15. The summed E-state index contributed by atoms with van der Waals surface area (Å²) in [4.78, 5) is 101. The molecule has 2 fully saturated rings. The van der Waals surface area contributed by atoms with Gasteiger partial charge in [0, 0.05) is 19.0 Å². The number of carboxylic acid groups (broad SMARTS) is 2. The summed E-state index contributed by atoms with van der Waals surface area (Å²) < 4.78 is 47.0. The van der Waals surface area contributed by atoms with Crippen LogP contribution in [0.25, 0.3) is 0 Å². The van der Waals surface area contributed by atoms with Crippen LogP contribution in [-0.4, -0.2) is 171 Å². The zero-order valence-electron chi connectivity index (χ0n) is 34.9. The molecule has 0 radical (unpaired) electrons. The fraction of sp³-hybridized carbons (Fsp3) is 0.632. The van der Waals surface area contributed by atoms with Crippen molar-refractivity contribution in [2.75, 3.05) is 30.8 Å². The second kappa shape index (κ2) is 23.4. The topological polar surface area (TPSA) is 371 Å². The Balaban J connectivity index is 1.69. The van der Waals surface area contributed by atoms with Crippen molar-refractivity contribution >= 4 is 63.2 Å². The van der Waals surface area contributed by atoms with E-state index in [2.05, 4.69) is 21.3 Å². The van der Waals surface area contributed by atoms with Crippen LogP contribution in [0.5, 0.6) is 0 Å². The first-order chi connectivity index (χ1) is 29.4. The lowest BCUT2D eigenvalue weighted by atomic mass is 9.91. The number of nitrogens with zero attached hydrogens (tertiary/aromatic N) is 1. The van der Waals surface area contributed by atoms with E-state index in [1.54, 1.807) is 13.8 Å². The van der Waals surface area contributed by atoms with E-state index in [1.165, 1.54) is 32.0 Å². The Morgan fingerprint density at radius 2 is 1.60 bits per heavy atom. The highest BCUT2D eigenvalue weighted by Gasteiger charge is 2.47. The van der Waals surface area contributed by atoms with Gasteiger partial charge in [-0.2, -0.15) is 8.42 Å². The molecule has 352 valence electrons. The van der Waals surface area contributed by atoms with Crippen LogP contribution >= 0.6 is 0 Å². The highest BCUT2D eigenvalue weighted by molar-refractivity contribution is 7.85. The van der Waals surface area contributed by atoms with Crippen LogP contribution in [-0.2, 0) is 75.7 Å². The third kappa shape index (κ3) is 16.1. The molecule has 10 N–H and O–H groups in total. The van der Waals surface area contributed by atoms with Gasteiger partial charge in [-0.25, -0.2) is 4.79 Å². The maximum Gasteiger partial charge on any atom is 0.335 e. The molecular weight excluding hydrogens is 863 g/mol. The number of hydrogen-bond acceptors (Lipinski definition) is 16. The Morgan fingerprint density at radius 3 is 2.21 bits per heavy atom. The van der Waals surface area contributed by atoms with Gasteiger partial charge in [0.05, 0.1) is 44.1 Å². The van der Waals surface area contributed by atoms with Crippen molar-refractivity contribution in [1.82, 2.24) is 20.9 Å². The number of carboxylic acids is 2. The number of carbonyl (C=O) groups is 8. The number of benzene rings is 1. The van der Waals surface area contributed by atoms with Gasteiger partial charge in [-0.3, -0.25) is 38.1 Å². The van der Waals surface area contributed by atoms with E-state index in [1.807, 2.05) is 0 Å². The first-order valence-corrected chi connectivity index (χ1v) is 21.4. The predicted octanol–water partition coefficient (Wildman–Crippen LogP) is -2.94. The summed E-state index contributed by atoms with van der Waals surface area (Å²) in [6, 6.07) is 0.00246. The number of aliphatic carboxylic acids is 2. The number of nitrogens with one attached hydrogen (secondary N) is 4. The molecule has 0 unspecified atom stereocenters. The van der Waals surface area contributed by atoms with Gasteiger partial charge in [-0.1, -0.05) is 19.9 Å². The van der Waals surface area contributed by atoms with E-state index in [9.17, 15) is 67.2 Å². The maximum atomic E-state index is 13.5. The highest BCUT2D eigenvalue weighted by atomic mass is 32.2. The summed E-state index contributed by atoms with van der Waals surface area (Å²) in [5.41, 5.74) is 1.15. The van der Waals surface area contributed by atoms with Gasteiger partial charge in [0.15, 0.2) is 6.10 Å². The summed E-state index contributed by atoms with van der Waals surface area (Å²) in [5, 5.41) is 59.1. The molecule has 1 aromatic rings. The van der Waals surface area contributed by atoms with Crippen LogP contribution in [0.2, 0.25) is 0 Å². The second-order valence-electron chi connectivity index (χ2n) is 15.4. The number of aliphatic hydroxyl groups is 3. The van der Waals surface area contributed by atoms with Crippen LogP contribution < -0.4 is 21.3 Å². The number of anilines is 1. The molecular formula is C38H55N5O19S. The minimum Gasteiger partial charge on any atom is -0.481 e. The third-order valence-electron chi connectivity index (χ3n) is 10.1. The van der Waals surface area contributed by atoms with Crippen molar-refractivity contribution in [3.8, 4) is 0 Å². The van der Waals surface area contributed by atoms with Gasteiger partial charge in [0.25, 0.3) is 10.1 Å². The summed E-state index contributed by atoms with van der Waals surface area (Å²) in [5.74, 6) is -8.49. The predicted molar refractivity (Wildman–Crippen MR) is 214 cm³/mol. The zero-order valence-corrected chi connectivity index (χ0v) is 35.7. The number of carbonyl (C=O) groups excluding carboxylic acids is 6. The summed E-state index contributed by atoms with van der Waals surface area (Å²) in [7, 11) is -4.37. The van der Waals surface area contributed by atoms with Gasteiger partial charge < -0.3 is 65.9 Å². The monoisotopic (exact) mass is 917 g/mol. The number of esters is 1. The van der Waals surface area contributed by atoms with Crippen LogP contribution in [0.1, 0.15) is 64.5 Å². The zero-order chi connectivity index (χ0) is 47.3. The number of aliphatic hydroxyl groups excluding tert-OH is 3. The van der Waals surface area contributed by atoms with Gasteiger partial charge >= 0.3 is 17.9 Å². The highest BCUT2D eigenvalue weighted by Crippen LogP contribution is 2.27. The molecule has 0 bridgehead atoms. The van der Waals surface area contributed by atoms with Crippen LogP contribution in [0.4, 0.5) is 5.69 Å². The molecule has 3 rings (SSSR count). The molecule has 0 saturated carbocycles. The Morgan fingerprint density at radius 1 is 0.921 bits per heavy atom. The first kappa shape index (κ1) is 52.0. The van der Waals surface area contributed by atoms with Crippen LogP contribution in [0, 0.1) is 5.92 Å². The molecule has 0 aromatic heterocycles. The lowest BCUT2D eigenvalue weighted by Crippen LogP contribution is -2.59. The Bertz CT molecular complexity index is 1960. The van der Waals surface area contributed by atoms with Gasteiger partial charge in [0.2, 0.25) is 29.5 Å². The average Bonchev–Trinajstić information content (AvgIpc) is 3.47. The molecule has 0 aliphatic carbocycles. The molecule has 24 nitrogen and oxygen atoms in total. The van der Waals surface area contributed by atoms with Crippen LogP contribution in [0.15, 0.2) is 18.2 Å². The Hall–Kier alpha value is -5.31. The number of ether oxygens (including phenoxy) is 3. The van der Waals surface area contributed by atoms with Crippen molar-refractivity contribution < 1.29 is 91.1 Å². The number of amides is 5. The molecule has 25 heteroatoms. The van der Waals surface area contributed by atoms with Crippen molar-refractivity contribution in [3.63, 3.8) is 0 Å². The maximum absolute atomic E-state index is 13.5. The molecule has 2 aliphatic rings. The van der Waals surface area contributed by atoms with Crippen LogP contribution in [0.3, 0.4) is 0 Å². The lowest BCUT2D eigenvalue weighted by molar-refractivity contribution is -0.228. The summed E-state index contributed by atoms with van der Waals surface area (Å²) >= 11 is 0. The molecule has 63 heavy (non-hydrogen) atoms. The smallest absolute Gasteiger partial charge is 0.335 e. The van der Waals surface area contributed by atoms with Crippen molar-refractivity contribution in [3.05, 3.63) is 29.3 Å².